The maximum absolute atomic E-state index is 12.8. The van der Waals surface area contributed by atoms with Crippen LogP contribution in [0.2, 0.25) is 0 Å². The number of aromatic nitrogens is 2. The van der Waals surface area contributed by atoms with E-state index in [2.05, 4.69) is 10.2 Å². The Morgan fingerprint density at radius 1 is 1.10 bits per heavy atom. The Labute approximate surface area is 167 Å². The van der Waals surface area contributed by atoms with Crippen molar-refractivity contribution in [3.63, 3.8) is 0 Å². The van der Waals surface area contributed by atoms with Gasteiger partial charge in [-0.1, -0.05) is 6.07 Å². The summed E-state index contributed by atoms with van der Waals surface area (Å²) in [5.74, 6) is 0.296. The minimum absolute atomic E-state index is 0.0833. The highest BCUT2D eigenvalue weighted by Crippen LogP contribution is 2.22. The van der Waals surface area contributed by atoms with E-state index in [1.807, 2.05) is 14.1 Å². The third-order valence-corrected chi connectivity index (χ3v) is 6.41. The Kier molecular flexibility index (Phi) is 5.75. The number of nitrogens with zero attached hydrogens (tertiary/aromatic N) is 6. The van der Waals surface area contributed by atoms with E-state index in [-0.39, 0.29) is 48.4 Å². The second-order valence-electron chi connectivity index (χ2n) is 6.62. The second kappa shape index (κ2) is 8.09. The van der Waals surface area contributed by atoms with Crippen LogP contribution in [0.1, 0.15) is 10.5 Å². The maximum atomic E-state index is 12.8. The molecule has 3 rings (SSSR count). The average molecular weight is 420 g/mol. The topological polar surface area (TPSA) is 130 Å². The zero-order chi connectivity index (χ0) is 21.2. The molecule has 2 aromatic rings. The zero-order valence-corrected chi connectivity index (χ0v) is 16.7. The van der Waals surface area contributed by atoms with Crippen molar-refractivity contribution >= 4 is 27.4 Å². The number of nitro groups is 1. The summed E-state index contributed by atoms with van der Waals surface area (Å²) >= 11 is 0. The average Bonchev–Trinajstić information content (AvgIpc) is 2.73. The van der Waals surface area contributed by atoms with Crippen LogP contribution in [0.25, 0.3) is 0 Å². The van der Waals surface area contributed by atoms with Crippen molar-refractivity contribution in [2.24, 2.45) is 0 Å². The van der Waals surface area contributed by atoms with Gasteiger partial charge in [0.2, 0.25) is 10.0 Å². The van der Waals surface area contributed by atoms with Gasteiger partial charge < -0.3 is 9.80 Å². The first kappa shape index (κ1) is 20.6. The number of carbonyl (C=O) groups is 1. The number of carbonyl (C=O) groups excluding carboxylic acids is 1. The number of amides is 1. The lowest BCUT2D eigenvalue weighted by molar-refractivity contribution is -0.385. The number of hydrogen-bond acceptors (Lipinski definition) is 8. The lowest BCUT2D eigenvalue weighted by Gasteiger charge is -2.33. The molecule has 1 amide bonds. The third kappa shape index (κ3) is 4.32. The molecule has 12 heteroatoms. The number of benzene rings is 1. The summed E-state index contributed by atoms with van der Waals surface area (Å²) < 4.78 is 26.8. The van der Waals surface area contributed by atoms with E-state index < -0.39 is 14.9 Å². The summed E-state index contributed by atoms with van der Waals surface area (Å²) in [4.78, 5) is 26.0. The molecule has 1 fully saturated rings. The molecule has 0 aliphatic carbocycles. The van der Waals surface area contributed by atoms with Gasteiger partial charge in [0.05, 0.1) is 9.82 Å². The summed E-state index contributed by atoms with van der Waals surface area (Å²) in [7, 11) is -0.265. The van der Waals surface area contributed by atoms with Crippen LogP contribution < -0.4 is 4.90 Å². The molecule has 0 atom stereocenters. The normalized spacial score (nSPS) is 15.2. The summed E-state index contributed by atoms with van der Waals surface area (Å²) in [5.41, 5.74) is -0.106. The fourth-order valence-corrected chi connectivity index (χ4v) is 4.34. The number of hydrogen-bond donors (Lipinski definition) is 0. The van der Waals surface area contributed by atoms with Gasteiger partial charge in [0.25, 0.3) is 11.6 Å². The number of nitro benzene ring substituents is 1. The van der Waals surface area contributed by atoms with Crippen LogP contribution >= 0.6 is 0 Å². The Bertz CT molecular complexity index is 1020. The largest absolute Gasteiger partial charge is 0.361 e. The smallest absolute Gasteiger partial charge is 0.274 e. The van der Waals surface area contributed by atoms with Gasteiger partial charge in [0, 0.05) is 52.4 Å². The van der Waals surface area contributed by atoms with Crippen LogP contribution in [-0.4, -0.2) is 78.9 Å². The summed E-state index contributed by atoms with van der Waals surface area (Å²) in [5, 5.41) is 18.8. The Hall–Kier alpha value is -3.12. The molecular weight excluding hydrogens is 400 g/mol. The lowest BCUT2D eigenvalue weighted by Crippen LogP contribution is -2.50. The quantitative estimate of drug-likeness (QED) is 0.508. The second-order valence-corrected chi connectivity index (χ2v) is 8.56. The predicted octanol–water partition coefficient (Wildman–Crippen LogP) is 0.597. The van der Waals surface area contributed by atoms with Gasteiger partial charge in [-0.15, -0.1) is 10.2 Å². The molecule has 29 heavy (non-hydrogen) atoms. The van der Waals surface area contributed by atoms with Crippen molar-refractivity contribution in [1.29, 1.82) is 0 Å². The number of sulfonamides is 1. The molecule has 0 unspecified atom stereocenters. The van der Waals surface area contributed by atoms with Crippen molar-refractivity contribution in [2.75, 3.05) is 45.2 Å². The molecule has 0 N–H and O–H groups in total. The van der Waals surface area contributed by atoms with Crippen molar-refractivity contribution in [3.8, 4) is 0 Å². The highest BCUT2D eigenvalue weighted by molar-refractivity contribution is 7.89. The number of rotatable bonds is 5. The van der Waals surface area contributed by atoms with Crippen LogP contribution in [0.4, 0.5) is 11.5 Å². The molecule has 0 bridgehead atoms. The number of non-ortho nitro benzene ring substituents is 1. The van der Waals surface area contributed by atoms with Crippen LogP contribution in [-0.2, 0) is 10.0 Å². The minimum Gasteiger partial charge on any atom is -0.361 e. The van der Waals surface area contributed by atoms with Crippen LogP contribution in [0.3, 0.4) is 0 Å². The van der Waals surface area contributed by atoms with E-state index in [1.54, 1.807) is 17.0 Å². The molecule has 2 heterocycles. The first-order valence-corrected chi connectivity index (χ1v) is 10.2. The van der Waals surface area contributed by atoms with E-state index in [0.29, 0.717) is 5.82 Å². The molecule has 11 nitrogen and oxygen atoms in total. The highest BCUT2D eigenvalue weighted by atomic mass is 32.2. The van der Waals surface area contributed by atoms with Crippen molar-refractivity contribution in [3.05, 3.63) is 52.2 Å². The number of piperazine rings is 1. The fourth-order valence-electron chi connectivity index (χ4n) is 2.88. The fraction of sp³-hybridized carbons (Fsp3) is 0.353. The number of anilines is 1. The SMILES string of the molecule is CN(C)c1ccc(C(=O)N2CCN(S(=O)(=O)c3cccc([N+](=O)[O-])c3)CC2)nn1. The molecular formula is C17H20N6O5S. The Balaban J connectivity index is 1.68. The van der Waals surface area contributed by atoms with Crippen molar-refractivity contribution in [1.82, 2.24) is 19.4 Å². The minimum atomic E-state index is -3.89. The van der Waals surface area contributed by atoms with Crippen LogP contribution in [0.5, 0.6) is 0 Å². The van der Waals surface area contributed by atoms with Crippen molar-refractivity contribution < 1.29 is 18.1 Å². The molecule has 154 valence electrons. The van der Waals surface area contributed by atoms with Gasteiger partial charge in [-0.3, -0.25) is 14.9 Å². The van der Waals surface area contributed by atoms with Gasteiger partial charge in [-0.2, -0.15) is 4.31 Å². The van der Waals surface area contributed by atoms with Gasteiger partial charge in [-0.25, -0.2) is 8.42 Å². The summed E-state index contributed by atoms with van der Waals surface area (Å²) in [6.07, 6.45) is 0. The van der Waals surface area contributed by atoms with E-state index in [1.165, 1.54) is 27.4 Å². The standard InChI is InChI=1S/C17H20N6O5S/c1-20(2)16-7-6-15(18-19-16)17(24)21-8-10-22(11-9-21)29(27,28)14-5-3-4-13(12-14)23(25)26/h3-7,12H,8-11H2,1-2H3. The zero-order valence-electron chi connectivity index (χ0n) is 15.9. The highest BCUT2D eigenvalue weighted by Gasteiger charge is 2.31. The molecule has 1 aromatic carbocycles. The molecule has 1 saturated heterocycles. The van der Waals surface area contributed by atoms with E-state index in [4.69, 9.17) is 0 Å². The molecule has 1 aliphatic rings. The van der Waals surface area contributed by atoms with Gasteiger partial charge in [-0.05, 0) is 18.2 Å². The van der Waals surface area contributed by atoms with Gasteiger partial charge >= 0.3 is 0 Å². The molecule has 1 aliphatic heterocycles. The molecule has 0 spiro atoms. The summed E-state index contributed by atoms with van der Waals surface area (Å²) in [6, 6.07) is 8.19. The Morgan fingerprint density at radius 2 is 1.79 bits per heavy atom. The van der Waals surface area contributed by atoms with Crippen LogP contribution in [0.15, 0.2) is 41.3 Å². The molecule has 1 aromatic heterocycles. The van der Waals surface area contributed by atoms with Gasteiger partial charge in [0.1, 0.15) is 0 Å². The van der Waals surface area contributed by atoms with E-state index in [0.717, 1.165) is 6.07 Å². The van der Waals surface area contributed by atoms with E-state index in [9.17, 15) is 23.3 Å². The predicted molar refractivity (Wildman–Crippen MR) is 104 cm³/mol. The molecule has 0 saturated carbocycles. The third-order valence-electron chi connectivity index (χ3n) is 4.52. The van der Waals surface area contributed by atoms with Gasteiger partial charge in [0.15, 0.2) is 11.5 Å². The van der Waals surface area contributed by atoms with Crippen molar-refractivity contribution in [2.45, 2.75) is 4.90 Å². The van der Waals surface area contributed by atoms with Crippen LogP contribution in [0, 0.1) is 10.1 Å². The summed E-state index contributed by atoms with van der Waals surface area (Å²) in [6.45, 7) is 0.536. The lowest BCUT2D eigenvalue weighted by atomic mass is 10.3. The Morgan fingerprint density at radius 3 is 2.34 bits per heavy atom. The maximum Gasteiger partial charge on any atom is 0.274 e. The van der Waals surface area contributed by atoms with E-state index >= 15 is 0 Å². The monoisotopic (exact) mass is 420 g/mol. The first-order chi connectivity index (χ1) is 13.7. The molecule has 0 radical (unpaired) electrons. The first-order valence-electron chi connectivity index (χ1n) is 8.75.